The van der Waals surface area contributed by atoms with Gasteiger partial charge in [-0.25, -0.2) is 0 Å². The maximum Gasteiger partial charge on any atom is 0.492 e. The second-order valence-corrected chi connectivity index (χ2v) is 6.42. The van der Waals surface area contributed by atoms with E-state index in [0.29, 0.717) is 26.1 Å². The minimum Gasteiger partial charge on any atom is -0.469 e. The molecule has 0 saturated heterocycles. The number of hydrogen-bond acceptors (Lipinski definition) is 8. The fourth-order valence-electron chi connectivity index (χ4n) is 1.58. The monoisotopic (exact) mass is 477 g/mol. The van der Waals surface area contributed by atoms with E-state index in [2.05, 4.69) is 9.47 Å². The number of esters is 2. The first-order valence-corrected chi connectivity index (χ1v) is 8.36. The van der Waals surface area contributed by atoms with Gasteiger partial charge in [0.2, 0.25) is 0 Å². The molecule has 0 aliphatic carbocycles. The van der Waals surface area contributed by atoms with Crippen molar-refractivity contribution in [3.8, 4) is 0 Å². The van der Waals surface area contributed by atoms with Crippen LogP contribution in [-0.2, 0) is 70.3 Å². The van der Waals surface area contributed by atoms with E-state index in [1.54, 1.807) is 0 Å². The number of nitrogens with zero attached hydrogens (tertiary/aromatic N) is 1. The van der Waals surface area contributed by atoms with Gasteiger partial charge in [0, 0.05) is 70.3 Å². The van der Waals surface area contributed by atoms with E-state index in [4.69, 9.17) is 14.4 Å². The summed E-state index contributed by atoms with van der Waals surface area (Å²) in [6.45, 7) is 1.21. The van der Waals surface area contributed by atoms with Crippen molar-refractivity contribution in [3.05, 3.63) is 0 Å². The van der Waals surface area contributed by atoms with Crippen molar-refractivity contribution in [2.75, 3.05) is 33.9 Å². The van der Waals surface area contributed by atoms with Crippen molar-refractivity contribution >= 4 is 20.7 Å². The first kappa shape index (κ1) is 31.3. The molecule has 0 atom stereocenters. The van der Waals surface area contributed by atoms with Crippen LogP contribution in [0.5, 0.6) is 0 Å². The van der Waals surface area contributed by atoms with Crippen LogP contribution >= 0.6 is 0 Å². The zero-order valence-corrected chi connectivity index (χ0v) is 17.2. The maximum atomic E-state index is 11.1. The Kier molecular flexibility index (Phi) is 23.7. The van der Waals surface area contributed by atoms with Crippen LogP contribution in [0.15, 0.2) is 0 Å². The summed E-state index contributed by atoms with van der Waals surface area (Å²) < 4.78 is 9.07. The topological polar surface area (TPSA) is 117 Å². The molecule has 0 saturated carbocycles. The molecule has 0 spiro atoms. The summed E-state index contributed by atoms with van der Waals surface area (Å²) >= 11 is 0. The Labute approximate surface area is 169 Å². The normalized spacial score (nSPS) is 10.0. The fraction of sp³-hybridized carbons (Fsp3) is 0.818. The first-order chi connectivity index (χ1) is 9.28. The second kappa shape index (κ2) is 17.4. The van der Waals surface area contributed by atoms with Gasteiger partial charge in [-0.2, -0.15) is 0 Å². The third-order valence-corrected chi connectivity index (χ3v) is 3.73. The molecular formula is C11H23Fe3NO7Si. The molecule has 0 aliphatic rings. The molecule has 0 amide bonds. The molecule has 12 heteroatoms. The fourth-order valence-corrected chi connectivity index (χ4v) is 2.21. The van der Waals surface area contributed by atoms with Crippen LogP contribution in [-0.4, -0.2) is 73.9 Å². The molecule has 0 aromatic rings. The molecule has 0 aromatic heterocycles. The van der Waals surface area contributed by atoms with Gasteiger partial charge in [0.1, 0.15) is 0 Å². The smallest absolute Gasteiger partial charge is 0.469 e. The Balaban J connectivity index is -0.000000602. The number of ether oxygens (including phenoxy) is 2. The number of carbonyl (C=O) groups excluding carboxylic acids is 2. The van der Waals surface area contributed by atoms with Gasteiger partial charge in [-0.3, -0.25) is 9.59 Å². The summed E-state index contributed by atoms with van der Waals surface area (Å²) in [6.07, 6.45) is 0.716. The third kappa shape index (κ3) is 20.5. The second-order valence-electron chi connectivity index (χ2n) is 4.37. The summed E-state index contributed by atoms with van der Waals surface area (Å²) in [4.78, 5) is 50.8. The Bertz CT molecular complexity index is 298. The van der Waals surface area contributed by atoms with Crippen molar-refractivity contribution in [2.45, 2.75) is 25.3 Å². The number of methoxy groups -OCH3 is 2. The van der Waals surface area contributed by atoms with Crippen molar-refractivity contribution in [1.29, 1.82) is 0 Å². The van der Waals surface area contributed by atoms with Crippen LogP contribution in [0.4, 0.5) is 0 Å². The Morgan fingerprint density at radius 1 is 0.870 bits per heavy atom. The Hall–Kier alpha value is 0.555. The molecule has 0 bridgehead atoms. The van der Waals surface area contributed by atoms with Crippen molar-refractivity contribution in [2.24, 2.45) is 0 Å². The van der Waals surface area contributed by atoms with Crippen LogP contribution in [0.25, 0.3) is 0 Å². The summed E-state index contributed by atoms with van der Waals surface area (Å²) in [6, 6.07) is -0.0834. The predicted octanol–water partition coefficient (Wildman–Crippen LogP) is -1.29. The zero-order valence-electron chi connectivity index (χ0n) is 12.9. The summed E-state index contributed by atoms with van der Waals surface area (Å²) in [5.41, 5.74) is 0. The van der Waals surface area contributed by atoms with E-state index >= 15 is 0 Å². The molecule has 0 fully saturated rings. The Morgan fingerprint density at radius 3 is 1.57 bits per heavy atom. The van der Waals surface area contributed by atoms with Gasteiger partial charge in [0.05, 0.1) is 27.1 Å². The minimum atomic E-state index is -4.04. The number of hydrogen-bond donors (Lipinski definition) is 3. The van der Waals surface area contributed by atoms with E-state index in [-0.39, 0.29) is 82.0 Å². The van der Waals surface area contributed by atoms with Gasteiger partial charge in [-0.1, -0.05) is 0 Å². The molecule has 0 aliphatic heterocycles. The molecule has 0 aromatic carbocycles. The Morgan fingerprint density at radius 2 is 1.26 bits per heavy atom. The number of rotatable bonds is 10. The average molecular weight is 477 g/mol. The van der Waals surface area contributed by atoms with Crippen LogP contribution in [0.1, 0.15) is 19.3 Å². The van der Waals surface area contributed by atoms with Gasteiger partial charge in [0.15, 0.2) is 0 Å². The summed E-state index contributed by atoms with van der Waals surface area (Å²) in [7, 11) is -1.45. The maximum absolute atomic E-state index is 11.1. The van der Waals surface area contributed by atoms with Gasteiger partial charge in [-0.15, -0.1) is 0 Å². The minimum absolute atomic E-state index is 0. The predicted molar refractivity (Wildman–Crippen MR) is 71.5 cm³/mol. The van der Waals surface area contributed by atoms with Crippen molar-refractivity contribution < 1.29 is 84.7 Å². The van der Waals surface area contributed by atoms with Crippen LogP contribution in [0.3, 0.4) is 0 Å². The van der Waals surface area contributed by atoms with E-state index in [9.17, 15) is 9.59 Å². The molecule has 0 rings (SSSR count). The molecule has 23 heavy (non-hydrogen) atoms. The van der Waals surface area contributed by atoms with E-state index in [1.165, 1.54) is 14.2 Å². The molecular weight excluding hydrogens is 454 g/mol. The summed E-state index contributed by atoms with van der Waals surface area (Å²) in [5, 5.41) is 0. The average Bonchev–Trinajstić information content (AvgIpc) is 2.38. The van der Waals surface area contributed by atoms with Gasteiger partial charge >= 0.3 is 20.7 Å². The number of carbonyl (C=O) groups is 2. The van der Waals surface area contributed by atoms with Crippen LogP contribution < -0.4 is 0 Å². The third-order valence-electron chi connectivity index (χ3n) is 2.71. The van der Waals surface area contributed by atoms with Gasteiger partial charge in [0.25, 0.3) is 0 Å². The molecule has 0 radical (unpaired) electrons. The molecule has 0 heterocycles. The largest absolute Gasteiger partial charge is 0.492 e. The van der Waals surface area contributed by atoms with E-state index in [1.807, 2.05) is 4.90 Å². The van der Waals surface area contributed by atoms with Gasteiger partial charge < -0.3 is 28.8 Å². The molecule has 8 nitrogen and oxygen atoms in total. The quantitative estimate of drug-likeness (QED) is 0.263. The van der Waals surface area contributed by atoms with Crippen LogP contribution in [0, 0.1) is 0 Å². The van der Waals surface area contributed by atoms with Crippen molar-refractivity contribution in [1.82, 2.24) is 4.90 Å². The SMILES string of the molecule is COC(=O)CCN(CCC[Si](O)(O)O)CCC(=O)OC.[Fe].[Fe].[Fe]. The zero-order chi connectivity index (χ0) is 15.6. The van der Waals surface area contributed by atoms with Crippen molar-refractivity contribution in [3.63, 3.8) is 0 Å². The molecule has 3 N–H and O–H groups in total. The van der Waals surface area contributed by atoms with E-state index in [0.717, 1.165) is 0 Å². The molecule has 0 unspecified atom stereocenters. The van der Waals surface area contributed by atoms with Crippen LogP contribution in [0.2, 0.25) is 6.04 Å². The van der Waals surface area contributed by atoms with Gasteiger partial charge in [-0.05, 0) is 13.0 Å². The molecule has 142 valence electrons. The summed E-state index contributed by atoms with van der Waals surface area (Å²) in [5.74, 6) is -0.716. The first-order valence-electron chi connectivity index (χ1n) is 6.31. The standard InChI is InChI=1S/C11H23NO7Si.3Fe/c1-18-10(13)4-7-12(8-5-11(14)19-2)6-3-9-20(15,16)17;;;/h15-17H,3-9H2,1-2H3;;;. The van der Waals surface area contributed by atoms with E-state index < -0.39 is 8.80 Å².